The molecule has 0 bridgehead atoms. The Bertz CT molecular complexity index is 2090. The Balaban J connectivity index is 0.000000345. The quantitative estimate of drug-likeness (QED) is 0.108. The fourth-order valence-electron chi connectivity index (χ4n) is 7.00. The first kappa shape index (κ1) is 55.3. The van der Waals surface area contributed by atoms with Crippen molar-refractivity contribution in [2.24, 2.45) is 0 Å². The van der Waals surface area contributed by atoms with Gasteiger partial charge < -0.3 is 61.3 Å². The monoisotopic (exact) mass is 1070 g/mol. The zero-order valence-corrected chi connectivity index (χ0v) is 39.8. The molecule has 0 saturated heterocycles. The molecule has 0 unspecified atom stereocenters. The summed E-state index contributed by atoms with van der Waals surface area (Å²) in [6.07, 6.45) is 0. The van der Waals surface area contributed by atoms with Gasteiger partial charge in [-0.3, -0.25) is 0 Å². The van der Waals surface area contributed by atoms with Crippen LogP contribution in [0.3, 0.4) is 0 Å². The van der Waals surface area contributed by atoms with Crippen LogP contribution in [0.1, 0.15) is 0 Å². The summed E-state index contributed by atoms with van der Waals surface area (Å²) in [6.45, 7) is 0. The average Bonchev–Trinajstić information content (AvgIpc) is 3.32. The molecule has 0 heterocycles. The first-order chi connectivity index (χ1) is 31.8. The maximum absolute atomic E-state index is 8.25. The molecule has 343 valence electrons. The van der Waals surface area contributed by atoms with E-state index in [0.717, 1.165) is 0 Å². The van der Waals surface area contributed by atoms with Crippen LogP contribution in [-0.2, 0) is 16.8 Å². The van der Waals surface area contributed by atoms with E-state index in [4.69, 9.17) is 61.3 Å². The number of benzene rings is 8. The van der Waals surface area contributed by atoms with E-state index in [2.05, 4.69) is 243 Å². The third kappa shape index (κ3) is 16.9. The SMILES string of the molecule is O=[N+]([O-])[O-].O=[N+]([O-])[O-].O=[N+]([O-])[O-].O=[N+]([O-])[O-].[Co+2].c1ccc([As+](c2ccccc2)(c2ccccc2)c2ccccc2)cc1.c1ccc([As+](c2ccccc2)(c2ccccc2)c2ccccc2)cc1. The molecule has 8 aromatic rings. The molecule has 19 heteroatoms. The topological polar surface area (TPSA) is 265 Å². The van der Waals surface area contributed by atoms with Crippen molar-refractivity contribution in [3.8, 4) is 0 Å². The van der Waals surface area contributed by atoms with Crippen molar-refractivity contribution in [2.75, 3.05) is 0 Å². The van der Waals surface area contributed by atoms with Gasteiger partial charge in [0.05, 0.1) is 20.3 Å². The van der Waals surface area contributed by atoms with Gasteiger partial charge in [-0.15, -0.1) is 0 Å². The molecule has 0 spiro atoms. The van der Waals surface area contributed by atoms with Crippen LogP contribution in [0.2, 0.25) is 0 Å². The van der Waals surface area contributed by atoms with Gasteiger partial charge in [-0.1, -0.05) is 0 Å². The summed E-state index contributed by atoms with van der Waals surface area (Å²) in [5.41, 5.74) is 0. The van der Waals surface area contributed by atoms with Crippen molar-refractivity contribution in [3.63, 3.8) is 0 Å². The molecule has 8 aromatic carbocycles. The van der Waals surface area contributed by atoms with Crippen molar-refractivity contribution in [1.82, 2.24) is 0 Å². The maximum atomic E-state index is 8.25. The van der Waals surface area contributed by atoms with Gasteiger partial charge in [-0.05, 0) is 0 Å². The summed E-state index contributed by atoms with van der Waals surface area (Å²) < 4.78 is 11.6. The van der Waals surface area contributed by atoms with E-state index in [1.54, 1.807) is 0 Å². The van der Waals surface area contributed by atoms with Gasteiger partial charge in [0.15, 0.2) is 0 Å². The van der Waals surface area contributed by atoms with Crippen LogP contribution < -0.4 is 34.8 Å². The second-order valence-electron chi connectivity index (χ2n) is 12.9. The first-order valence-electron chi connectivity index (χ1n) is 19.3. The summed E-state index contributed by atoms with van der Waals surface area (Å²) in [6, 6.07) is 88.4. The summed E-state index contributed by atoms with van der Waals surface area (Å²) in [4.78, 5) is 33.0. The van der Waals surface area contributed by atoms with Crippen LogP contribution in [0.25, 0.3) is 0 Å². The molecule has 8 rings (SSSR count). The van der Waals surface area contributed by atoms with Crippen LogP contribution in [0.4, 0.5) is 0 Å². The Hall–Kier alpha value is -7.82. The van der Waals surface area contributed by atoms with E-state index in [-0.39, 0.29) is 16.8 Å². The van der Waals surface area contributed by atoms with Crippen molar-refractivity contribution in [3.05, 3.63) is 304 Å². The summed E-state index contributed by atoms with van der Waals surface area (Å²) in [5, 5.41) is 59.0. The van der Waals surface area contributed by atoms with Gasteiger partial charge in [0.2, 0.25) is 0 Å². The van der Waals surface area contributed by atoms with Crippen LogP contribution in [0, 0.1) is 61.3 Å². The molecule has 0 N–H and O–H groups in total. The molecule has 67 heavy (non-hydrogen) atoms. The molecule has 0 aliphatic carbocycles. The minimum absolute atomic E-state index is 0. The molecular weight excluding hydrogens is 1030 g/mol. The summed E-state index contributed by atoms with van der Waals surface area (Å²) >= 11 is -5.54. The van der Waals surface area contributed by atoms with Crippen molar-refractivity contribution in [2.45, 2.75) is 0 Å². The van der Waals surface area contributed by atoms with Gasteiger partial charge in [-0.25, -0.2) is 0 Å². The number of hydrogen-bond acceptors (Lipinski definition) is 12. The normalized spacial score (nSPS) is 9.79. The number of hydrogen-bond donors (Lipinski definition) is 0. The van der Waals surface area contributed by atoms with Crippen molar-refractivity contribution in [1.29, 1.82) is 0 Å². The fourth-order valence-corrected chi connectivity index (χ4v) is 24.9. The van der Waals surface area contributed by atoms with E-state index >= 15 is 0 Å². The third-order valence-electron chi connectivity index (χ3n) is 9.15. The van der Waals surface area contributed by atoms with Crippen molar-refractivity contribution < 1.29 is 37.1 Å². The molecule has 1 radical (unpaired) electrons. The van der Waals surface area contributed by atoms with E-state index in [1.165, 1.54) is 34.8 Å². The minimum atomic E-state index is -2.77. The van der Waals surface area contributed by atoms with Crippen molar-refractivity contribution >= 4 is 61.9 Å². The standard InChI is InChI=1S/2C24H20As.Co.4NO3/c2*1-5-13-21(14-6-1)25(22-15-7-2-8-16-22,23-17-9-3-10-18-23)24-19-11-4-12-20-24;;4*2-1(3)4/h2*1-20H;;;;;/q2*+1;+2;4*-1. The predicted molar refractivity (Wildman–Crippen MR) is 262 cm³/mol. The van der Waals surface area contributed by atoms with Crippen LogP contribution >= 0.6 is 0 Å². The van der Waals surface area contributed by atoms with Gasteiger partial charge in [-0.2, -0.15) is 0 Å². The fraction of sp³-hybridized carbons (Fsp3) is 0. The molecule has 0 saturated carbocycles. The first-order valence-corrected chi connectivity index (χ1v) is 26.8. The van der Waals surface area contributed by atoms with E-state index in [0.29, 0.717) is 0 Å². The average molecular weight is 1070 g/mol. The Morgan fingerprint density at radius 2 is 0.284 bits per heavy atom. The molecule has 0 aliphatic heterocycles. The Morgan fingerprint density at radius 1 is 0.209 bits per heavy atom. The van der Waals surface area contributed by atoms with Gasteiger partial charge in [0.25, 0.3) is 0 Å². The van der Waals surface area contributed by atoms with Crippen LogP contribution in [0.15, 0.2) is 243 Å². The molecule has 0 aromatic heterocycles. The number of nitrogens with zero attached hydrogens (tertiary/aromatic N) is 4. The second-order valence-corrected chi connectivity index (χ2v) is 27.2. The van der Waals surface area contributed by atoms with Gasteiger partial charge in [0, 0.05) is 0 Å². The van der Waals surface area contributed by atoms with Crippen LogP contribution in [0.5, 0.6) is 0 Å². The Labute approximate surface area is 400 Å². The second kappa shape index (κ2) is 29.6. The predicted octanol–water partition coefficient (Wildman–Crippen LogP) is 5.17. The van der Waals surface area contributed by atoms with E-state index < -0.39 is 47.4 Å². The summed E-state index contributed by atoms with van der Waals surface area (Å²) in [5.74, 6) is 0. The Kier molecular flexibility index (Phi) is 24.4. The van der Waals surface area contributed by atoms with Gasteiger partial charge in [0.1, 0.15) is 0 Å². The zero-order chi connectivity index (χ0) is 48.2. The molecule has 16 nitrogen and oxygen atoms in total. The Morgan fingerprint density at radius 3 is 0.358 bits per heavy atom. The van der Waals surface area contributed by atoms with Crippen LogP contribution in [-0.4, -0.2) is 47.4 Å². The molecule has 0 fully saturated rings. The molecule has 0 atom stereocenters. The zero-order valence-electron chi connectivity index (χ0n) is 35.0. The third-order valence-corrected chi connectivity index (χ3v) is 27.2. The number of rotatable bonds is 8. The van der Waals surface area contributed by atoms with E-state index in [1.807, 2.05) is 0 Å². The molecule has 0 amide bonds. The van der Waals surface area contributed by atoms with E-state index in [9.17, 15) is 0 Å². The van der Waals surface area contributed by atoms with Gasteiger partial charge >= 0.3 is 321 Å². The molecule has 0 aliphatic rings. The summed E-state index contributed by atoms with van der Waals surface area (Å²) in [7, 11) is 0. The molecular formula is C48H40As2CoN4O12.